The molecule has 0 aromatic carbocycles. The van der Waals surface area contributed by atoms with Gasteiger partial charge < -0.3 is 33.8 Å². The SMILES string of the molecule is CCCCCCCCCCC(=O)O[C@H](COC(=O)CCCCCCCCC)COP(=O)(O)OC[C@H](O)COP(=O)(O)OC[C@@H](COC(=O)CCCCCCCCCC(C)C)OC(=O)CCCCCCCCCCCCCCC(C)C. The molecule has 0 rings (SSSR count). The minimum absolute atomic E-state index is 0.104. The van der Waals surface area contributed by atoms with Crippen molar-refractivity contribution in [2.24, 2.45) is 11.8 Å². The van der Waals surface area contributed by atoms with Gasteiger partial charge in [0.25, 0.3) is 0 Å². The summed E-state index contributed by atoms with van der Waals surface area (Å²) < 4.78 is 67.7. The zero-order valence-corrected chi connectivity index (χ0v) is 53.2. The lowest BCUT2D eigenvalue weighted by Crippen LogP contribution is -2.30. The fourth-order valence-corrected chi connectivity index (χ4v) is 10.6. The summed E-state index contributed by atoms with van der Waals surface area (Å²) in [4.78, 5) is 71.9. The lowest BCUT2D eigenvalue weighted by molar-refractivity contribution is -0.161. The van der Waals surface area contributed by atoms with Crippen LogP contribution in [0.15, 0.2) is 0 Å². The van der Waals surface area contributed by atoms with E-state index in [4.69, 9.17) is 37.0 Å². The van der Waals surface area contributed by atoms with Gasteiger partial charge in [-0.25, -0.2) is 9.13 Å². The van der Waals surface area contributed by atoms with Crippen molar-refractivity contribution in [2.45, 2.75) is 317 Å². The number of unbranched alkanes of at least 4 members (excludes halogenated alkanes) is 30. The molecule has 0 radical (unpaired) electrons. The van der Waals surface area contributed by atoms with E-state index in [2.05, 4.69) is 41.5 Å². The first-order chi connectivity index (χ1) is 38.4. The van der Waals surface area contributed by atoms with Crippen molar-refractivity contribution in [3.63, 3.8) is 0 Å². The lowest BCUT2D eigenvalue weighted by atomic mass is 10.0. The van der Waals surface area contributed by atoms with Crippen molar-refractivity contribution in [1.82, 2.24) is 0 Å². The second-order valence-electron chi connectivity index (χ2n) is 23.0. The van der Waals surface area contributed by atoms with Gasteiger partial charge >= 0.3 is 39.5 Å². The Bertz CT molecular complexity index is 1580. The highest BCUT2D eigenvalue weighted by molar-refractivity contribution is 7.47. The fraction of sp³-hybridized carbons (Fsp3) is 0.934. The summed E-state index contributed by atoms with van der Waals surface area (Å²) in [5, 5.41) is 10.5. The topological polar surface area (TPSA) is 237 Å². The van der Waals surface area contributed by atoms with Crippen LogP contribution in [0.4, 0.5) is 0 Å². The van der Waals surface area contributed by atoms with E-state index < -0.39 is 97.5 Å². The van der Waals surface area contributed by atoms with E-state index >= 15 is 0 Å². The standard InChI is InChI=1S/C61H118O17P2/c1-7-9-11-13-15-26-33-39-45-60(65)77-56(49-71-58(63)43-37-31-23-14-12-10-8-2)51-75-79(67,68)73-47-55(62)48-74-80(69,70)76-52-57(50-72-59(64)44-38-32-28-22-25-30-36-42-54(5)6)78-61(66)46-40-34-27-21-19-17-16-18-20-24-29-35-41-53(3)4/h53-57,62H,7-52H2,1-6H3,(H,67,68)(H,69,70)/t55-,56+,57+/m0/s1. The number of aliphatic hydroxyl groups is 1. The van der Waals surface area contributed by atoms with Crippen molar-refractivity contribution in [3.05, 3.63) is 0 Å². The molecule has 0 saturated heterocycles. The van der Waals surface area contributed by atoms with Gasteiger partial charge in [0.2, 0.25) is 0 Å². The van der Waals surface area contributed by atoms with Gasteiger partial charge in [-0.05, 0) is 37.5 Å². The van der Waals surface area contributed by atoms with Crippen LogP contribution >= 0.6 is 15.6 Å². The van der Waals surface area contributed by atoms with Crippen molar-refractivity contribution >= 4 is 39.5 Å². The van der Waals surface area contributed by atoms with E-state index in [9.17, 15) is 43.2 Å². The molecule has 0 aliphatic heterocycles. The number of carbonyl (C=O) groups excluding carboxylic acids is 4. The summed E-state index contributed by atoms with van der Waals surface area (Å²) in [5.41, 5.74) is 0. The smallest absolute Gasteiger partial charge is 0.462 e. The minimum atomic E-state index is -4.94. The third-order valence-corrected chi connectivity index (χ3v) is 15.9. The van der Waals surface area contributed by atoms with Gasteiger partial charge in [0.15, 0.2) is 12.2 Å². The van der Waals surface area contributed by atoms with Gasteiger partial charge in [-0.1, -0.05) is 247 Å². The van der Waals surface area contributed by atoms with Crippen LogP contribution in [0, 0.1) is 11.8 Å². The Morgan fingerprint density at radius 3 is 0.850 bits per heavy atom. The van der Waals surface area contributed by atoms with Crippen LogP contribution in [-0.4, -0.2) is 96.7 Å². The van der Waals surface area contributed by atoms with E-state index in [1.165, 1.54) is 89.9 Å². The lowest BCUT2D eigenvalue weighted by Gasteiger charge is -2.21. The molecule has 0 aliphatic rings. The number of phosphoric acid groups is 2. The third kappa shape index (κ3) is 55.3. The zero-order chi connectivity index (χ0) is 59.4. The average Bonchev–Trinajstić information content (AvgIpc) is 3.41. The predicted octanol–water partition coefficient (Wildman–Crippen LogP) is 16.5. The number of carbonyl (C=O) groups is 4. The highest BCUT2D eigenvalue weighted by atomic mass is 31.2. The van der Waals surface area contributed by atoms with Gasteiger partial charge in [-0.15, -0.1) is 0 Å². The minimum Gasteiger partial charge on any atom is -0.462 e. The molecule has 0 saturated carbocycles. The Morgan fingerprint density at radius 1 is 0.338 bits per heavy atom. The summed E-state index contributed by atoms with van der Waals surface area (Å²) in [7, 11) is -9.87. The summed E-state index contributed by atoms with van der Waals surface area (Å²) in [6.07, 6.45) is 35.1. The monoisotopic (exact) mass is 1180 g/mol. The van der Waals surface area contributed by atoms with Gasteiger partial charge in [0.05, 0.1) is 26.4 Å². The van der Waals surface area contributed by atoms with Gasteiger partial charge in [-0.2, -0.15) is 0 Å². The number of rotatable bonds is 60. The Hall–Kier alpha value is -1.94. The van der Waals surface area contributed by atoms with E-state index in [0.29, 0.717) is 31.6 Å². The number of hydrogen-bond acceptors (Lipinski definition) is 15. The number of phosphoric ester groups is 2. The Labute approximate surface area is 486 Å². The second-order valence-corrected chi connectivity index (χ2v) is 25.9. The molecule has 474 valence electrons. The van der Waals surface area contributed by atoms with Gasteiger partial charge in [0.1, 0.15) is 19.3 Å². The van der Waals surface area contributed by atoms with Crippen LogP contribution in [0.5, 0.6) is 0 Å². The maximum absolute atomic E-state index is 12.9. The molecular weight excluding hydrogens is 1070 g/mol. The summed E-state index contributed by atoms with van der Waals surface area (Å²) in [6.45, 7) is 9.36. The van der Waals surface area contributed by atoms with Crippen LogP contribution in [0.3, 0.4) is 0 Å². The highest BCUT2D eigenvalue weighted by Gasteiger charge is 2.30. The number of esters is 4. The fourth-order valence-electron chi connectivity index (χ4n) is 9.00. The Balaban J connectivity index is 5.19. The number of hydrogen-bond donors (Lipinski definition) is 3. The largest absolute Gasteiger partial charge is 0.472 e. The molecule has 2 unspecified atom stereocenters. The number of ether oxygens (including phenoxy) is 4. The van der Waals surface area contributed by atoms with Crippen molar-refractivity contribution in [1.29, 1.82) is 0 Å². The van der Waals surface area contributed by atoms with Crippen molar-refractivity contribution in [2.75, 3.05) is 39.6 Å². The Morgan fingerprint density at radius 2 is 0.575 bits per heavy atom. The van der Waals surface area contributed by atoms with Crippen LogP contribution in [0.2, 0.25) is 0 Å². The molecule has 17 nitrogen and oxygen atoms in total. The maximum atomic E-state index is 12.9. The van der Waals surface area contributed by atoms with Crippen LogP contribution < -0.4 is 0 Å². The molecule has 5 atom stereocenters. The molecular formula is C61H118O17P2. The quantitative estimate of drug-likeness (QED) is 0.0222. The maximum Gasteiger partial charge on any atom is 0.472 e. The van der Waals surface area contributed by atoms with E-state index in [0.717, 1.165) is 121 Å². The molecule has 80 heavy (non-hydrogen) atoms. The van der Waals surface area contributed by atoms with Crippen LogP contribution in [0.1, 0.15) is 298 Å². The van der Waals surface area contributed by atoms with Gasteiger partial charge in [-0.3, -0.25) is 37.3 Å². The summed E-state index contributed by atoms with van der Waals surface area (Å²) in [6, 6.07) is 0. The van der Waals surface area contributed by atoms with Crippen molar-refractivity contribution in [3.8, 4) is 0 Å². The molecule has 0 spiro atoms. The Kier molecular flexibility index (Phi) is 52.5. The molecule has 0 bridgehead atoms. The zero-order valence-electron chi connectivity index (χ0n) is 51.4. The number of aliphatic hydroxyl groups excluding tert-OH is 1. The van der Waals surface area contributed by atoms with Crippen LogP contribution in [-0.2, 0) is 65.4 Å². The molecule has 0 amide bonds. The first-order valence-electron chi connectivity index (χ1n) is 32.0. The van der Waals surface area contributed by atoms with E-state index in [-0.39, 0.29) is 25.7 Å². The first-order valence-corrected chi connectivity index (χ1v) is 35.0. The molecule has 0 fully saturated rings. The van der Waals surface area contributed by atoms with E-state index in [1.807, 2.05) is 0 Å². The molecule has 0 aromatic heterocycles. The van der Waals surface area contributed by atoms with Crippen molar-refractivity contribution < 1.29 is 80.2 Å². The van der Waals surface area contributed by atoms with E-state index in [1.54, 1.807) is 0 Å². The normalized spacial score (nSPS) is 14.4. The molecule has 19 heteroatoms. The predicted molar refractivity (Wildman–Crippen MR) is 317 cm³/mol. The molecule has 3 N–H and O–H groups in total. The molecule has 0 aliphatic carbocycles. The summed E-state index contributed by atoms with van der Waals surface area (Å²) in [5.74, 6) is -0.664. The highest BCUT2D eigenvalue weighted by Crippen LogP contribution is 2.45. The van der Waals surface area contributed by atoms with Crippen LogP contribution in [0.25, 0.3) is 0 Å². The summed E-state index contributed by atoms with van der Waals surface area (Å²) >= 11 is 0. The first kappa shape index (κ1) is 78.1. The second kappa shape index (κ2) is 53.8. The molecule has 0 aromatic rings. The molecule has 0 heterocycles. The van der Waals surface area contributed by atoms with Gasteiger partial charge in [0, 0.05) is 25.7 Å². The average molecular weight is 1190 g/mol. The third-order valence-electron chi connectivity index (χ3n) is 14.0.